The Morgan fingerprint density at radius 1 is 0.765 bits per heavy atom. The second kappa shape index (κ2) is 9.86. The van der Waals surface area contributed by atoms with E-state index in [-0.39, 0.29) is 0 Å². The van der Waals surface area contributed by atoms with Crippen molar-refractivity contribution in [2.24, 2.45) is 0 Å². The lowest BCUT2D eigenvalue weighted by Crippen LogP contribution is -2.31. The lowest BCUT2D eigenvalue weighted by Gasteiger charge is -2.25. The Labute approximate surface area is 107 Å². The topological polar surface area (TPSA) is 26.7 Å². The number of hydrogen-bond donors (Lipinski definition) is 1. The Morgan fingerprint density at radius 3 is 1.59 bits per heavy atom. The first-order valence-corrected chi connectivity index (χ1v) is 7.42. The van der Waals surface area contributed by atoms with Crippen molar-refractivity contribution in [3.63, 3.8) is 0 Å². The zero-order chi connectivity index (χ0) is 12.3. The van der Waals surface area contributed by atoms with Gasteiger partial charge in [0.15, 0.2) is 0 Å². The molecule has 0 bridgehead atoms. The molecule has 0 unspecified atom stereocenters. The lowest BCUT2D eigenvalue weighted by atomic mass is 10.1. The van der Waals surface area contributed by atoms with E-state index in [2.05, 4.69) is 16.7 Å². The normalized spacial score (nSPS) is 22.9. The summed E-state index contributed by atoms with van der Waals surface area (Å²) in [5.74, 6) is 0. The first-order valence-electron chi connectivity index (χ1n) is 7.42. The number of aliphatic hydroxyl groups is 1. The van der Waals surface area contributed by atoms with Crippen LogP contribution in [-0.4, -0.2) is 60.8 Å². The van der Waals surface area contributed by atoms with Crippen LogP contribution in [0.4, 0.5) is 0 Å². The van der Waals surface area contributed by atoms with Crippen LogP contribution in [0.15, 0.2) is 0 Å². The molecule has 0 atom stereocenters. The number of β-amino-alcohol motifs (C(OH)–C–C–N with tert-alkyl or cyclic N) is 1. The number of piperidine rings is 2. The molecule has 2 aliphatic rings. The van der Waals surface area contributed by atoms with Gasteiger partial charge in [-0.25, -0.2) is 0 Å². The van der Waals surface area contributed by atoms with Gasteiger partial charge in [0.2, 0.25) is 0 Å². The van der Waals surface area contributed by atoms with Crippen molar-refractivity contribution >= 4 is 0 Å². The van der Waals surface area contributed by atoms with Crippen LogP contribution in [0, 0.1) is 0 Å². The molecule has 0 spiro atoms. The monoisotopic (exact) mass is 242 g/mol. The summed E-state index contributed by atoms with van der Waals surface area (Å²) in [7, 11) is 0. The highest BCUT2D eigenvalue weighted by molar-refractivity contribution is 4.63. The Bertz CT molecular complexity index is 161. The average molecular weight is 242 g/mol. The average Bonchev–Trinajstić information content (AvgIpc) is 2.42. The van der Waals surface area contributed by atoms with Crippen LogP contribution in [0.2, 0.25) is 0 Å². The molecule has 0 amide bonds. The van der Waals surface area contributed by atoms with Gasteiger partial charge in [0.25, 0.3) is 0 Å². The predicted octanol–water partition coefficient (Wildman–Crippen LogP) is 1.96. The van der Waals surface area contributed by atoms with E-state index in [4.69, 9.17) is 5.11 Å². The van der Waals surface area contributed by atoms with Crippen molar-refractivity contribution in [2.45, 2.75) is 45.4 Å². The van der Waals surface area contributed by atoms with Crippen molar-refractivity contribution in [2.75, 3.05) is 45.9 Å². The summed E-state index contributed by atoms with van der Waals surface area (Å²) in [5.41, 5.74) is 0. The summed E-state index contributed by atoms with van der Waals surface area (Å²) in [6.07, 6.45) is 8.32. The molecule has 1 N–H and O–H groups in total. The maximum absolute atomic E-state index is 8.58. The molecule has 17 heavy (non-hydrogen) atoms. The molecular weight excluding hydrogens is 212 g/mol. The van der Waals surface area contributed by atoms with Crippen molar-refractivity contribution in [1.82, 2.24) is 9.80 Å². The third-order valence-electron chi connectivity index (χ3n) is 3.76. The lowest BCUT2D eigenvalue weighted by molar-refractivity contribution is 0.173. The fraction of sp³-hybridized carbons (Fsp3) is 1.00. The van der Waals surface area contributed by atoms with Gasteiger partial charge in [-0.05, 0) is 58.4 Å². The predicted molar refractivity (Wildman–Crippen MR) is 73.3 cm³/mol. The van der Waals surface area contributed by atoms with Crippen LogP contribution >= 0.6 is 0 Å². The summed E-state index contributed by atoms with van der Waals surface area (Å²) in [6, 6.07) is 0. The molecule has 3 nitrogen and oxygen atoms in total. The minimum Gasteiger partial charge on any atom is -0.395 e. The smallest absolute Gasteiger partial charge is 0.0558 e. The minimum atomic E-state index is 0.319. The Morgan fingerprint density at radius 2 is 1.24 bits per heavy atom. The van der Waals surface area contributed by atoms with Gasteiger partial charge in [0, 0.05) is 6.54 Å². The van der Waals surface area contributed by atoms with E-state index in [1.54, 1.807) is 0 Å². The molecule has 0 aromatic carbocycles. The van der Waals surface area contributed by atoms with Gasteiger partial charge >= 0.3 is 0 Å². The highest BCUT2D eigenvalue weighted by Gasteiger charge is 2.07. The van der Waals surface area contributed by atoms with Gasteiger partial charge in [-0.1, -0.05) is 19.8 Å². The molecule has 0 saturated carbocycles. The van der Waals surface area contributed by atoms with E-state index in [0.29, 0.717) is 6.61 Å². The summed E-state index contributed by atoms with van der Waals surface area (Å²) in [5, 5.41) is 8.58. The van der Waals surface area contributed by atoms with Crippen LogP contribution in [0.25, 0.3) is 0 Å². The molecule has 3 heteroatoms. The van der Waals surface area contributed by atoms with Gasteiger partial charge in [-0.2, -0.15) is 0 Å². The Hall–Kier alpha value is -0.120. The quantitative estimate of drug-likeness (QED) is 0.819. The SMILES string of the molecule is CCN1CCCCC1.OCCN1CCCCC1. The van der Waals surface area contributed by atoms with Gasteiger partial charge in [0.05, 0.1) is 6.61 Å². The molecule has 2 heterocycles. The van der Waals surface area contributed by atoms with Crippen LogP contribution in [-0.2, 0) is 0 Å². The van der Waals surface area contributed by atoms with Crippen LogP contribution in [0.5, 0.6) is 0 Å². The minimum absolute atomic E-state index is 0.319. The summed E-state index contributed by atoms with van der Waals surface area (Å²) < 4.78 is 0. The number of aliphatic hydroxyl groups excluding tert-OH is 1. The fourth-order valence-electron chi connectivity index (χ4n) is 2.60. The summed E-state index contributed by atoms with van der Waals surface area (Å²) in [6.45, 7) is 9.76. The van der Waals surface area contributed by atoms with Crippen molar-refractivity contribution in [3.8, 4) is 0 Å². The first-order chi connectivity index (χ1) is 8.36. The van der Waals surface area contributed by atoms with Crippen LogP contribution < -0.4 is 0 Å². The number of likely N-dealkylation sites (tertiary alicyclic amines) is 2. The van der Waals surface area contributed by atoms with E-state index in [1.165, 1.54) is 71.2 Å². The number of hydrogen-bond acceptors (Lipinski definition) is 3. The standard InChI is InChI=1S/C7H15NO.C7H15N/c9-7-6-8-4-2-1-3-5-8;1-2-8-6-4-3-5-7-8/h9H,1-7H2;2-7H2,1H3. The molecule has 2 saturated heterocycles. The largest absolute Gasteiger partial charge is 0.395 e. The van der Waals surface area contributed by atoms with E-state index >= 15 is 0 Å². The first kappa shape index (κ1) is 14.9. The highest BCUT2D eigenvalue weighted by atomic mass is 16.3. The summed E-state index contributed by atoms with van der Waals surface area (Å²) >= 11 is 0. The summed E-state index contributed by atoms with van der Waals surface area (Å²) in [4.78, 5) is 4.84. The van der Waals surface area contributed by atoms with E-state index in [9.17, 15) is 0 Å². The molecule has 0 aromatic rings. The van der Waals surface area contributed by atoms with E-state index < -0.39 is 0 Å². The highest BCUT2D eigenvalue weighted by Crippen LogP contribution is 2.07. The molecule has 102 valence electrons. The van der Waals surface area contributed by atoms with E-state index in [1.807, 2.05) is 0 Å². The van der Waals surface area contributed by atoms with Gasteiger partial charge in [-0.3, -0.25) is 0 Å². The molecule has 0 aliphatic carbocycles. The van der Waals surface area contributed by atoms with Gasteiger partial charge < -0.3 is 14.9 Å². The molecule has 2 aliphatic heterocycles. The molecule has 2 rings (SSSR count). The van der Waals surface area contributed by atoms with Gasteiger partial charge in [-0.15, -0.1) is 0 Å². The van der Waals surface area contributed by atoms with E-state index in [0.717, 1.165) is 6.54 Å². The molecular formula is C14H30N2O. The molecule has 2 fully saturated rings. The zero-order valence-electron chi connectivity index (χ0n) is 11.5. The maximum atomic E-state index is 8.58. The second-order valence-corrected chi connectivity index (χ2v) is 5.12. The Balaban J connectivity index is 0.000000171. The molecule has 0 aromatic heterocycles. The third kappa shape index (κ3) is 7.02. The second-order valence-electron chi connectivity index (χ2n) is 5.12. The van der Waals surface area contributed by atoms with Crippen molar-refractivity contribution in [1.29, 1.82) is 0 Å². The van der Waals surface area contributed by atoms with Crippen LogP contribution in [0.1, 0.15) is 45.4 Å². The maximum Gasteiger partial charge on any atom is 0.0558 e. The number of rotatable bonds is 3. The fourth-order valence-corrected chi connectivity index (χ4v) is 2.60. The molecule has 0 radical (unpaired) electrons. The van der Waals surface area contributed by atoms with Crippen molar-refractivity contribution < 1.29 is 5.11 Å². The Kier molecular flexibility index (Phi) is 8.67. The zero-order valence-corrected chi connectivity index (χ0v) is 11.5. The van der Waals surface area contributed by atoms with Gasteiger partial charge in [0.1, 0.15) is 0 Å². The van der Waals surface area contributed by atoms with Crippen molar-refractivity contribution in [3.05, 3.63) is 0 Å². The number of nitrogens with zero attached hydrogens (tertiary/aromatic N) is 2. The van der Waals surface area contributed by atoms with Crippen LogP contribution in [0.3, 0.4) is 0 Å². The third-order valence-corrected chi connectivity index (χ3v) is 3.76.